The lowest BCUT2D eigenvalue weighted by Gasteiger charge is -2.39. The molecule has 0 heterocycles. The first kappa shape index (κ1) is 16.1. The average Bonchev–Trinajstić information content (AvgIpc) is 2.78. The van der Waals surface area contributed by atoms with Gasteiger partial charge in [-0.1, -0.05) is 0 Å². The second kappa shape index (κ2) is 5.48. The fourth-order valence-electron chi connectivity index (χ4n) is 3.72. The van der Waals surface area contributed by atoms with Gasteiger partial charge in [0, 0.05) is 6.04 Å². The van der Waals surface area contributed by atoms with Crippen molar-refractivity contribution in [3.8, 4) is 0 Å². The molecule has 0 aliphatic heterocycles. The number of rotatable bonds is 4. The zero-order valence-corrected chi connectivity index (χ0v) is 13.3. The molecule has 120 valence electrons. The fraction of sp³-hybridized carbons (Fsp3) is 0.867. The van der Waals surface area contributed by atoms with Gasteiger partial charge >= 0.3 is 12.1 Å². The van der Waals surface area contributed by atoms with Gasteiger partial charge in [0.15, 0.2) is 0 Å². The summed E-state index contributed by atoms with van der Waals surface area (Å²) >= 11 is 0. The number of ether oxygens (including phenoxy) is 2. The van der Waals surface area contributed by atoms with Gasteiger partial charge in [0.1, 0.15) is 11.6 Å². The van der Waals surface area contributed by atoms with E-state index in [-0.39, 0.29) is 23.5 Å². The van der Waals surface area contributed by atoms with Crippen LogP contribution in [-0.4, -0.2) is 36.9 Å². The van der Waals surface area contributed by atoms with E-state index in [0.29, 0.717) is 12.3 Å². The van der Waals surface area contributed by atoms with E-state index in [9.17, 15) is 9.59 Å². The van der Waals surface area contributed by atoms with E-state index in [1.807, 2.05) is 20.8 Å². The third-order valence-corrected chi connectivity index (χ3v) is 4.47. The Labute approximate surface area is 125 Å². The van der Waals surface area contributed by atoms with E-state index in [1.54, 1.807) is 0 Å². The highest BCUT2D eigenvalue weighted by Gasteiger charge is 2.57. The smallest absolute Gasteiger partial charge is 0.407 e. The molecule has 0 spiro atoms. The number of nitrogens with one attached hydrogen (secondary N) is 1. The van der Waals surface area contributed by atoms with Gasteiger partial charge in [0.05, 0.1) is 7.11 Å². The molecule has 2 bridgehead atoms. The maximum Gasteiger partial charge on any atom is 0.407 e. The first-order valence-corrected chi connectivity index (χ1v) is 7.47. The van der Waals surface area contributed by atoms with Crippen molar-refractivity contribution in [1.29, 1.82) is 0 Å². The van der Waals surface area contributed by atoms with Gasteiger partial charge in [0.25, 0.3) is 0 Å². The van der Waals surface area contributed by atoms with Gasteiger partial charge in [-0.3, -0.25) is 4.79 Å². The topological polar surface area (TPSA) is 90.6 Å². The van der Waals surface area contributed by atoms with Crippen molar-refractivity contribution in [3.63, 3.8) is 0 Å². The summed E-state index contributed by atoms with van der Waals surface area (Å²) in [7, 11) is 1.35. The van der Waals surface area contributed by atoms with Gasteiger partial charge in [-0.05, 0) is 57.8 Å². The minimum Gasteiger partial charge on any atom is -0.468 e. The average molecular weight is 298 g/mol. The molecular weight excluding hydrogens is 272 g/mol. The molecule has 3 aliphatic carbocycles. The molecule has 0 radical (unpaired) electrons. The Morgan fingerprint density at radius 2 is 1.95 bits per heavy atom. The van der Waals surface area contributed by atoms with Gasteiger partial charge in [-0.15, -0.1) is 0 Å². The van der Waals surface area contributed by atoms with Crippen LogP contribution in [0.15, 0.2) is 0 Å². The van der Waals surface area contributed by atoms with Crippen LogP contribution >= 0.6 is 0 Å². The normalized spacial score (nSPS) is 32.0. The number of methoxy groups -OCH3 is 1. The van der Waals surface area contributed by atoms with Crippen LogP contribution in [0.5, 0.6) is 0 Å². The zero-order chi connectivity index (χ0) is 15.8. The maximum absolute atomic E-state index is 11.8. The van der Waals surface area contributed by atoms with Crippen molar-refractivity contribution in [2.75, 3.05) is 7.11 Å². The van der Waals surface area contributed by atoms with Crippen LogP contribution in [0.1, 0.15) is 46.5 Å². The second-order valence-corrected chi connectivity index (χ2v) is 7.46. The molecule has 6 heteroatoms. The Bertz CT molecular complexity index is 424. The minimum atomic E-state index is -0.573. The summed E-state index contributed by atoms with van der Waals surface area (Å²) in [5.74, 6) is 0.110. The maximum atomic E-state index is 11.8. The molecule has 2 unspecified atom stereocenters. The van der Waals surface area contributed by atoms with E-state index in [2.05, 4.69) is 10.1 Å². The highest BCUT2D eigenvalue weighted by atomic mass is 16.6. The van der Waals surface area contributed by atoms with Crippen LogP contribution in [0, 0.1) is 11.3 Å². The Hall–Kier alpha value is -1.30. The number of amides is 1. The summed E-state index contributed by atoms with van der Waals surface area (Å²) in [6, 6.07) is -0.444. The first-order chi connectivity index (χ1) is 9.64. The summed E-state index contributed by atoms with van der Waals surface area (Å²) in [5.41, 5.74) is 5.45. The number of esters is 1. The monoisotopic (exact) mass is 298 g/mol. The molecule has 0 aromatic heterocycles. The molecule has 21 heavy (non-hydrogen) atoms. The summed E-state index contributed by atoms with van der Waals surface area (Å²) in [6.45, 7) is 5.54. The lowest BCUT2D eigenvalue weighted by Crippen LogP contribution is -2.41. The van der Waals surface area contributed by atoms with E-state index >= 15 is 0 Å². The summed E-state index contributed by atoms with van der Waals surface area (Å²) in [5, 5.41) is 2.95. The molecule has 0 aromatic rings. The van der Waals surface area contributed by atoms with Crippen LogP contribution in [0.25, 0.3) is 0 Å². The molecule has 3 aliphatic rings. The van der Waals surface area contributed by atoms with Crippen molar-refractivity contribution in [2.45, 2.75) is 64.1 Å². The summed E-state index contributed by atoms with van der Waals surface area (Å²) < 4.78 is 9.96. The number of carbonyl (C=O) groups is 2. The lowest BCUT2D eigenvalue weighted by atomic mass is 9.66. The summed E-state index contributed by atoms with van der Waals surface area (Å²) in [4.78, 5) is 23.3. The number of carbonyl (C=O) groups excluding carboxylic acids is 2. The number of hydrogen-bond acceptors (Lipinski definition) is 5. The van der Waals surface area contributed by atoms with Crippen molar-refractivity contribution in [1.82, 2.24) is 5.32 Å². The van der Waals surface area contributed by atoms with E-state index in [0.717, 1.165) is 19.3 Å². The molecule has 3 N–H and O–H groups in total. The molecule has 2 atom stereocenters. The van der Waals surface area contributed by atoms with Crippen LogP contribution in [0.3, 0.4) is 0 Å². The van der Waals surface area contributed by atoms with Crippen LogP contribution in [0.2, 0.25) is 0 Å². The third-order valence-electron chi connectivity index (χ3n) is 4.47. The van der Waals surface area contributed by atoms with Crippen molar-refractivity contribution in [2.24, 2.45) is 17.1 Å². The van der Waals surface area contributed by atoms with Gasteiger partial charge < -0.3 is 20.5 Å². The van der Waals surface area contributed by atoms with Crippen LogP contribution < -0.4 is 11.1 Å². The molecule has 3 saturated carbocycles. The van der Waals surface area contributed by atoms with E-state index in [1.165, 1.54) is 7.11 Å². The number of alkyl carbamates (subject to hydrolysis) is 1. The Morgan fingerprint density at radius 3 is 2.48 bits per heavy atom. The number of nitrogens with two attached hydrogens (primary N) is 1. The van der Waals surface area contributed by atoms with Crippen LogP contribution in [-0.2, 0) is 14.3 Å². The zero-order valence-electron chi connectivity index (χ0n) is 13.3. The predicted molar refractivity (Wildman–Crippen MR) is 77.5 cm³/mol. The number of fused-ring (bicyclic) bond motifs is 1. The third kappa shape index (κ3) is 3.67. The molecule has 3 fully saturated rings. The quantitative estimate of drug-likeness (QED) is 0.769. The van der Waals surface area contributed by atoms with Gasteiger partial charge in [-0.2, -0.15) is 0 Å². The van der Waals surface area contributed by atoms with Gasteiger partial charge in [-0.25, -0.2) is 4.79 Å². The highest BCUT2D eigenvalue weighted by Crippen LogP contribution is 2.61. The molecule has 0 saturated heterocycles. The van der Waals surface area contributed by atoms with Crippen molar-refractivity contribution >= 4 is 12.1 Å². The van der Waals surface area contributed by atoms with E-state index < -0.39 is 11.6 Å². The summed E-state index contributed by atoms with van der Waals surface area (Å²) in [6.07, 6.45) is 3.15. The Balaban J connectivity index is 1.84. The van der Waals surface area contributed by atoms with Gasteiger partial charge in [0.2, 0.25) is 0 Å². The highest BCUT2D eigenvalue weighted by molar-refractivity contribution is 5.75. The largest absolute Gasteiger partial charge is 0.468 e. The predicted octanol–water partition coefficient (Wildman–Crippen LogP) is 1.57. The van der Waals surface area contributed by atoms with Crippen molar-refractivity contribution < 1.29 is 19.1 Å². The fourth-order valence-corrected chi connectivity index (χ4v) is 3.72. The first-order valence-electron chi connectivity index (χ1n) is 7.47. The molecular formula is C15H26N2O4. The minimum absolute atomic E-state index is 0.0813. The molecule has 6 nitrogen and oxygen atoms in total. The standard InChI is InChI=1S/C15H26N2O4/c1-14(2,3)21-13(19)17-11-8-15(5-9(11)6-15)7-10(16)12(18)20-4/h9-11H,5-8,16H2,1-4H3,(H,17,19). The second-order valence-electron chi connectivity index (χ2n) is 7.46. The van der Waals surface area contributed by atoms with Crippen LogP contribution in [0.4, 0.5) is 4.79 Å². The molecule has 1 amide bonds. The number of hydrogen-bond donors (Lipinski definition) is 2. The van der Waals surface area contributed by atoms with E-state index in [4.69, 9.17) is 10.5 Å². The molecule has 0 aromatic carbocycles. The molecule has 3 rings (SSSR count). The Kier molecular flexibility index (Phi) is 4.19. The SMILES string of the molecule is COC(=O)C(N)CC12CC(C1)C(NC(=O)OC(C)(C)C)C2. The lowest BCUT2D eigenvalue weighted by molar-refractivity contribution is -0.143. The van der Waals surface area contributed by atoms with Crippen molar-refractivity contribution in [3.05, 3.63) is 0 Å². The Morgan fingerprint density at radius 1 is 1.33 bits per heavy atom.